The first-order chi connectivity index (χ1) is 13.3. The fourth-order valence-electron chi connectivity index (χ4n) is 2.98. The van der Waals surface area contributed by atoms with E-state index in [0.717, 1.165) is 23.3 Å². The molecule has 1 aliphatic rings. The lowest BCUT2D eigenvalue weighted by Gasteiger charge is -2.22. The molecule has 0 unspecified atom stereocenters. The maximum absolute atomic E-state index is 12.5. The summed E-state index contributed by atoms with van der Waals surface area (Å²) < 4.78 is 0. The molecule has 2 aromatic carbocycles. The fourth-order valence-corrected chi connectivity index (χ4v) is 2.98. The van der Waals surface area contributed by atoms with Crippen molar-refractivity contribution in [3.63, 3.8) is 0 Å². The summed E-state index contributed by atoms with van der Waals surface area (Å²) in [6.45, 7) is 1.91. The van der Waals surface area contributed by atoms with Crippen LogP contribution in [-0.4, -0.2) is 28.1 Å². The Hall–Kier alpha value is -3.74. The van der Waals surface area contributed by atoms with E-state index in [0.29, 0.717) is 0 Å². The van der Waals surface area contributed by atoms with Gasteiger partial charge in [-0.1, -0.05) is 54.1 Å². The molecule has 3 rings (SSSR count). The second kappa shape index (κ2) is 7.48. The first kappa shape index (κ1) is 19.0. The quantitative estimate of drug-likeness (QED) is 0.350. The standard InChI is InChI=1S/C21H15NO6/c1-12-2-4-13(5-3-12)6-11-16-18(23)20(25)17(21(26)19(16)24)14-7-9-15(10-8-14)22(27)28/h2-11,16-17H,1H3. The van der Waals surface area contributed by atoms with E-state index in [1.807, 2.05) is 19.1 Å². The number of aryl methyl sites for hydroxylation is 1. The van der Waals surface area contributed by atoms with Crippen molar-refractivity contribution in [2.24, 2.45) is 5.92 Å². The largest absolute Gasteiger partial charge is 0.290 e. The van der Waals surface area contributed by atoms with Gasteiger partial charge in [-0.15, -0.1) is 0 Å². The number of carbonyl (C=O) groups excluding carboxylic acids is 4. The van der Waals surface area contributed by atoms with E-state index in [4.69, 9.17) is 0 Å². The molecule has 7 heteroatoms. The van der Waals surface area contributed by atoms with Crippen LogP contribution in [-0.2, 0) is 19.2 Å². The molecule has 0 aliphatic heterocycles. The van der Waals surface area contributed by atoms with Crippen LogP contribution in [0.25, 0.3) is 6.08 Å². The number of hydrogen-bond acceptors (Lipinski definition) is 6. The predicted molar refractivity (Wildman–Crippen MR) is 99.6 cm³/mol. The highest BCUT2D eigenvalue weighted by Crippen LogP contribution is 2.29. The van der Waals surface area contributed by atoms with Gasteiger partial charge in [0, 0.05) is 12.1 Å². The molecular formula is C21H15NO6. The summed E-state index contributed by atoms with van der Waals surface area (Å²) in [5.41, 5.74) is 1.63. The van der Waals surface area contributed by atoms with Crippen LogP contribution in [0.4, 0.5) is 5.69 Å². The molecule has 0 bridgehead atoms. The van der Waals surface area contributed by atoms with Crippen molar-refractivity contribution in [1.29, 1.82) is 0 Å². The van der Waals surface area contributed by atoms with E-state index in [-0.39, 0.29) is 11.3 Å². The first-order valence-electron chi connectivity index (χ1n) is 8.45. The van der Waals surface area contributed by atoms with E-state index in [9.17, 15) is 29.3 Å². The number of nitro benzene ring substituents is 1. The highest BCUT2D eigenvalue weighted by molar-refractivity contribution is 6.62. The molecule has 0 amide bonds. The molecule has 1 aliphatic carbocycles. The summed E-state index contributed by atoms with van der Waals surface area (Å²) in [7, 11) is 0. The van der Waals surface area contributed by atoms with E-state index in [1.165, 1.54) is 24.3 Å². The van der Waals surface area contributed by atoms with Crippen molar-refractivity contribution in [3.05, 3.63) is 81.4 Å². The summed E-state index contributed by atoms with van der Waals surface area (Å²) >= 11 is 0. The molecule has 7 nitrogen and oxygen atoms in total. The second-order valence-corrected chi connectivity index (χ2v) is 6.49. The van der Waals surface area contributed by atoms with Gasteiger partial charge in [0.2, 0.25) is 23.1 Å². The van der Waals surface area contributed by atoms with E-state index < -0.39 is 39.9 Å². The smallest absolute Gasteiger partial charge is 0.269 e. The molecule has 140 valence electrons. The molecule has 0 heterocycles. The summed E-state index contributed by atoms with van der Waals surface area (Å²) in [6.07, 6.45) is 2.78. The summed E-state index contributed by atoms with van der Waals surface area (Å²) in [6, 6.07) is 11.9. The average molecular weight is 377 g/mol. The van der Waals surface area contributed by atoms with Crippen molar-refractivity contribution in [2.45, 2.75) is 12.8 Å². The van der Waals surface area contributed by atoms with Gasteiger partial charge in [-0.25, -0.2) is 0 Å². The minimum atomic E-state index is -1.55. The number of Topliss-reactive ketones (excluding diaryl/α,β-unsaturated/α-hetero) is 4. The van der Waals surface area contributed by atoms with Gasteiger partial charge in [-0.2, -0.15) is 0 Å². The zero-order valence-corrected chi connectivity index (χ0v) is 14.8. The van der Waals surface area contributed by atoms with Crippen molar-refractivity contribution in [3.8, 4) is 0 Å². The van der Waals surface area contributed by atoms with Crippen molar-refractivity contribution < 1.29 is 24.1 Å². The molecule has 0 spiro atoms. The Balaban J connectivity index is 1.86. The Kier molecular flexibility index (Phi) is 5.08. The van der Waals surface area contributed by atoms with E-state index in [1.54, 1.807) is 12.1 Å². The molecule has 28 heavy (non-hydrogen) atoms. The molecule has 0 radical (unpaired) electrons. The van der Waals surface area contributed by atoms with Gasteiger partial charge in [0.25, 0.3) is 5.69 Å². The Bertz CT molecular complexity index is 990. The number of benzene rings is 2. The molecule has 0 N–H and O–H groups in total. The number of carbonyl (C=O) groups is 4. The predicted octanol–water partition coefficient (Wildman–Crippen LogP) is 2.61. The molecule has 2 aromatic rings. The minimum absolute atomic E-state index is 0.0864. The van der Waals surface area contributed by atoms with Crippen LogP contribution in [0.2, 0.25) is 0 Å². The summed E-state index contributed by atoms with van der Waals surface area (Å²) in [4.78, 5) is 59.9. The molecular weight excluding hydrogens is 362 g/mol. The second-order valence-electron chi connectivity index (χ2n) is 6.49. The van der Waals surface area contributed by atoms with Crippen LogP contribution in [0.5, 0.6) is 0 Å². The third-order valence-electron chi connectivity index (χ3n) is 4.57. The minimum Gasteiger partial charge on any atom is -0.290 e. The lowest BCUT2D eigenvalue weighted by atomic mass is 9.75. The number of non-ortho nitro benzene ring substituents is 1. The van der Waals surface area contributed by atoms with Gasteiger partial charge in [0.05, 0.1) is 4.92 Å². The Morgan fingerprint density at radius 1 is 0.821 bits per heavy atom. The topological polar surface area (TPSA) is 111 Å². The zero-order valence-electron chi connectivity index (χ0n) is 14.8. The third-order valence-corrected chi connectivity index (χ3v) is 4.57. The number of allylic oxidation sites excluding steroid dienone is 1. The highest BCUT2D eigenvalue weighted by atomic mass is 16.6. The van der Waals surface area contributed by atoms with Gasteiger partial charge in [0.15, 0.2) is 0 Å². The summed E-state index contributed by atoms with van der Waals surface area (Å²) in [5.74, 6) is -6.90. The zero-order chi connectivity index (χ0) is 20.4. The van der Waals surface area contributed by atoms with Gasteiger partial charge in [-0.3, -0.25) is 29.3 Å². The lowest BCUT2D eigenvalue weighted by molar-refractivity contribution is -0.384. The van der Waals surface area contributed by atoms with Crippen LogP contribution in [0.1, 0.15) is 22.6 Å². The number of nitro groups is 1. The van der Waals surface area contributed by atoms with E-state index >= 15 is 0 Å². The van der Waals surface area contributed by atoms with Crippen molar-refractivity contribution in [1.82, 2.24) is 0 Å². The number of rotatable bonds is 4. The van der Waals surface area contributed by atoms with Crippen LogP contribution in [0, 0.1) is 23.0 Å². The Labute approximate surface area is 159 Å². The number of nitrogens with zero attached hydrogens (tertiary/aromatic N) is 1. The SMILES string of the molecule is Cc1ccc(C=CC2C(=O)C(=O)C(c3ccc([N+](=O)[O-])cc3)C(=O)C2=O)cc1. The molecule has 0 aromatic heterocycles. The van der Waals surface area contributed by atoms with Crippen LogP contribution in [0.15, 0.2) is 54.6 Å². The summed E-state index contributed by atoms with van der Waals surface area (Å²) in [5, 5.41) is 10.7. The third kappa shape index (κ3) is 3.55. The van der Waals surface area contributed by atoms with Crippen LogP contribution in [0.3, 0.4) is 0 Å². The average Bonchev–Trinajstić information content (AvgIpc) is 2.68. The van der Waals surface area contributed by atoms with Gasteiger partial charge >= 0.3 is 0 Å². The van der Waals surface area contributed by atoms with E-state index in [2.05, 4.69) is 0 Å². The normalized spacial score (nSPS) is 20.0. The fraction of sp³-hybridized carbons (Fsp3) is 0.143. The lowest BCUT2D eigenvalue weighted by Crippen LogP contribution is -2.46. The maximum Gasteiger partial charge on any atom is 0.269 e. The van der Waals surface area contributed by atoms with Gasteiger partial charge in [-0.05, 0) is 18.1 Å². The van der Waals surface area contributed by atoms with Crippen molar-refractivity contribution in [2.75, 3.05) is 0 Å². The van der Waals surface area contributed by atoms with Crippen molar-refractivity contribution >= 4 is 34.9 Å². The monoisotopic (exact) mass is 377 g/mol. The number of hydrogen-bond donors (Lipinski definition) is 0. The Morgan fingerprint density at radius 3 is 1.86 bits per heavy atom. The molecule has 1 saturated carbocycles. The first-order valence-corrected chi connectivity index (χ1v) is 8.45. The highest BCUT2D eigenvalue weighted by Gasteiger charge is 2.48. The number of ketones is 4. The van der Waals surface area contributed by atoms with Gasteiger partial charge < -0.3 is 0 Å². The van der Waals surface area contributed by atoms with Crippen LogP contribution >= 0.6 is 0 Å². The molecule has 0 saturated heterocycles. The maximum atomic E-state index is 12.5. The van der Waals surface area contributed by atoms with Gasteiger partial charge in [0.1, 0.15) is 11.8 Å². The molecule has 1 fully saturated rings. The van der Waals surface area contributed by atoms with Crippen LogP contribution < -0.4 is 0 Å². The molecule has 0 atom stereocenters. The Morgan fingerprint density at radius 2 is 1.36 bits per heavy atom.